The van der Waals surface area contributed by atoms with Gasteiger partial charge in [0.05, 0.1) is 6.04 Å². The summed E-state index contributed by atoms with van der Waals surface area (Å²) in [6.45, 7) is 10.9. The van der Waals surface area contributed by atoms with Crippen LogP contribution in [0.2, 0.25) is 0 Å². The molecule has 0 saturated carbocycles. The zero-order valence-corrected chi connectivity index (χ0v) is 12.4. The van der Waals surface area contributed by atoms with E-state index in [2.05, 4.69) is 39.6 Å². The summed E-state index contributed by atoms with van der Waals surface area (Å²) in [6.07, 6.45) is 3.60. The van der Waals surface area contributed by atoms with Crippen LogP contribution in [-0.2, 0) is 0 Å². The summed E-state index contributed by atoms with van der Waals surface area (Å²) in [5.41, 5.74) is 15.5. The van der Waals surface area contributed by atoms with Gasteiger partial charge in [-0.2, -0.15) is 0 Å². The molecule has 0 aliphatic rings. The van der Waals surface area contributed by atoms with Crippen molar-refractivity contribution in [1.29, 1.82) is 0 Å². The van der Waals surface area contributed by atoms with Gasteiger partial charge in [0.1, 0.15) is 0 Å². The molecule has 2 rings (SSSR count). The molecule has 2 aromatic rings. The number of nitrogens with zero attached hydrogens (tertiary/aromatic N) is 1. The van der Waals surface area contributed by atoms with Crippen molar-refractivity contribution in [3.63, 3.8) is 0 Å². The lowest BCUT2D eigenvalue weighted by atomic mass is 9.84. The molecular formula is C17H22N2. The molecule has 19 heavy (non-hydrogen) atoms. The van der Waals surface area contributed by atoms with Crippen LogP contribution in [-0.4, -0.2) is 4.98 Å². The molecular weight excluding hydrogens is 232 g/mol. The van der Waals surface area contributed by atoms with Gasteiger partial charge in [-0.25, -0.2) is 0 Å². The fraction of sp³-hybridized carbons (Fsp3) is 0.353. The fourth-order valence-corrected chi connectivity index (χ4v) is 2.73. The van der Waals surface area contributed by atoms with Gasteiger partial charge in [0, 0.05) is 12.4 Å². The molecule has 0 aliphatic heterocycles. The van der Waals surface area contributed by atoms with E-state index in [1.165, 1.54) is 33.4 Å². The first-order chi connectivity index (χ1) is 8.95. The van der Waals surface area contributed by atoms with Crippen molar-refractivity contribution < 1.29 is 0 Å². The Kier molecular flexibility index (Phi) is 3.72. The van der Waals surface area contributed by atoms with Gasteiger partial charge in [-0.15, -0.1) is 0 Å². The number of hydrogen-bond donors (Lipinski definition) is 1. The van der Waals surface area contributed by atoms with Crippen molar-refractivity contribution in [3.05, 3.63) is 63.5 Å². The maximum Gasteiger partial charge on any atom is 0.0558 e. The molecule has 0 radical (unpaired) electrons. The van der Waals surface area contributed by atoms with Crippen molar-refractivity contribution >= 4 is 0 Å². The van der Waals surface area contributed by atoms with Crippen LogP contribution in [0.5, 0.6) is 0 Å². The van der Waals surface area contributed by atoms with E-state index in [9.17, 15) is 0 Å². The van der Waals surface area contributed by atoms with E-state index in [-0.39, 0.29) is 6.04 Å². The first-order valence-electron chi connectivity index (χ1n) is 6.67. The Morgan fingerprint density at radius 3 is 1.68 bits per heavy atom. The predicted octanol–water partition coefficient (Wildman–Crippen LogP) is 3.67. The SMILES string of the molecule is Cc1c(C)c(C)c(C(N)c2ccncc2)c(C)c1C. The predicted molar refractivity (Wildman–Crippen MR) is 80.4 cm³/mol. The molecule has 1 aromatic heterocycles. The highest BCUT2D eigenvalue weighted by Gasteiger charge is 2.18. The Balaban J connectivity index is 2.64. The summed E-state index contributed by atoms with van der Waals surface area (Å²) in [5, 5.41) is 0. The van der Waals surface area contributed by atoms with Crippen LogP contribution in [0, 0.1) is 34.6 Å². The van der Waals surface area contributed by atoms with Crippen LogP contribution in [0.1, 0.15) is 45.0 Å². The third-order valence-electron chi connectivity index (χ3n) is 4.43. The summed E-state index contributed by atoms with van der Waals surface area (Å²) in [7, 11) is 0. The van der Waals surface area contributed by atoms with Crippen molar-refractivity contribution in [3.8, 4) is 0 Å². The van der Waals surface area contributed by atoms with Crippen molar-refractivity contribution in [1.82, 2.24) is 4.98 Å². The molecule has 1 heterocycles. The molecule has 1 unspecified atom stereocenters. The average molecular weight is 254 g/mol. The van der Waals surface area contributed by atoms with Crippen molar-refractivity contribution in [2.45, 2.75) is 40.7 Å². The van der Waals surface area contributed by atoms with Crippen LogP contribution < -0.4 is 5.73 Å². The largest absolute Gasteiger partial charge is 0.320 e. The summed E-state index contributed by atoms with van der Waals surface area (Å²) >= 11 is 0. The minimum absolute atomic E-state index is 0.0824. The van der Waals surface area contributed by atoms with E-state index in [0.29, 0.717) is 0 Å². The molecule has 0 aliphatic carbocycles. The Morgan fingerprint density at radius 1 is 0.789 bits per heavy atom. The summed E-state index contributed by atoms with van der Waals surface area (Å²) in [4.78, 5) is 4.06. The normalized spacial score (nSPS) is 12.5. The summed E-state index contributed by atoms with van der Waals surface area (Å²) in [5.74, 6) is 0. The highest BCUT2D eigenvalue weighted by molar-refractivity contribution is 5.52. The molecule has 2 N–H and O–H groups in total. The molecule has 2 nitrogen and oxygen atoms in total. The van der Waals surface area contributed by atoms with E-state index in [0.717, 1.165) is 5.56 Å². The molecule has 1 atom stereocenters. The molecule has 0 fully saturated rings. The highest BCUT2D eigenvalue weighted by Crippen LogP contribution is 2.32. The minimum atomic E-state index is -0.0824. The molecule has 0 amide bonds. The summed E-state index contributed by atoms with van der Waals surface area (Å²) in [6, 6.07) is 3.91. The van der Waals surface area contributed by atoms with Gasteiger partial charge in [0.2, 0.25) is 0 Å². The van der Waals surface area contributed by atoms with Gasteiger partial charge in [-0.05, 0) is 85.7 Å². The lowest BCUT2D eigenvalue weighted by Crippen LogP contribution is -2.17. The van der Waals surface area contributed by atoms with E-state index >= 15 is 0 Å². The van der Waals surface area contributed by atoms with Gasteiger partial charge >= 0.3 is 0 Å². The Hall–Kier alpha value is -1.67. The third kappa shape index (κ3) is 2.28. The van der Waals surface area contributed by atoms with Crippen LogP contribution >= 0.6 is 0 Å². The van der Waals surface area contributed by atoms with Crippen LogP contribution in [0.15, 0.2) is 24.5 Å². The van der Waals surface area contributed by atoms with Gasteiger partial charge in [-0.1, -0.05) is 0 Å². The second-order valence-corrected chi connectivity index (χ2v) is 5.30. The lowest BCUT2D eigenvalue weighted by Gasteiger charge is -2.23. The highest BCUT2D eigenvalue weighted by atomic mass is 14.7. The monoisotopic (exact) mass is 254 g/mol. The van der Waals surface area contributed by atoms with Crippen molar-refractivity contribution in [2.24, 2.45) is 5.73 Å². The van der Waals surface area contributed by atoms with Gasteiger partial charge < -0.3 is 5.73 Å². The number of benzene rings is 1. The first kappa shape index (κ1) is 13.8. The Morgan fingerprint density at radius 2 is 1.21 bits per heavy atom. The van der Waals surface area contributed by atoms with Crippen molar-refractivity contribution in [2.75, 3.05) is 0 Å². The topological polar surface area (TPSA) is 38.9 Å². The third-order valence-corrected chi connectivity index (χ3v) is 4.43. The molecule has 0 bridgehead atoms. The minimum Gasteiger partial charge on any atom is -0.320 e. The van der Waals surface area contributed by atoms with Gasteiger partial charge in [0.15, 0.2) is 0 Å². The number of aromatic nitrogens is 1. The molecule has 0 saturated heterocycles. The zero-order valence-electron chi connectivity index (χ0n) is 12.4. The second kappa shape index (κ2) is 5.14. The molecule has 2 heteroatoms. The quantitative estimate of drug-likeness (QED) is 0.888. The Bertz CT molecular complexity index is 571. The number of rotatable bonds is 2. The number of nitrogens with two attached hydrogens (primary N) is 1. The van der Waals surface area contributed by atoms with Gasteiger partial charge in [0.25, 0.3) is 0 Å². The molecule has 1 aromatic carbocycles. The number of pyridine rings is 1. The zero-order chi connectivity index (χ0) is 14.2. The standard InChI is InChI=1S/C17H22N2/c1-10-11(2)13(4)16(14(5)12(10)3)17(18)15-6-8-19-9-7-15/h6-9,17H,18H2,1-5H3. The van der Waals surface area contributed by atoms with E-state index in [4.69, 9.17) is 5.73 Å². The van der Waals surface area contributed by atoms with E-state index in [1.807, 2.05) is 12.1 Å². The van der Waals surface area contributed by atoms with E-state index < -0.39 is 0 Å². The molecule has 100 valence electrons. The molecule has 0 spiro atoms. The maximum absolute atomic E-state index is 6.48. The summed E-state index contributed by atoms with van der Waals surface area (Å²) < 4.78 is 0. The van der Waals surface area contributed by atoms with Crippen LogP contribution in [0.4, 0.5) is 0 Å². The smallest absolute Gasteiger partial charge is 0.0558 e. The number of hydrogen-bond acceptors (Lipinski definition) is 2. The maximum atomic E-state index is 6.48. The van der Waals surface area contributed by atoms with E-state index in [1.54, 1.807) is 12.4 Å². The fourth-order valence-electron chi connectivity index (χ4n) is 2.73. The Labute approximate surface area is 115 Å². The average Bonchev–Trinajstić information content (AvgIpc) is 2.44. The van der Waals surface area contributed by atoms with Crippen LogP contribution in [0.25, 0.3) is 0 Å². The van der Waals surface area contributed by atoms with Gasteiger partial charge in [-0.3, -0.25) is 4.98 Å². The van der Waals surface area contributed by atoms with Crippen LogP contribution in [0.3, 0.4) is 0 Å². The first-order valence-corrected chi connectivity index (χ1v) is 6.67. The lowest BCUT2D eigenvalue weighted by molar-refractivity contribution is 0.840. The second-order valence-electron chi connectivity index (χ2n) is 5.30.